The van der Waals surface area contributed by atoms with E-state index in [1.165, 1.54) is 0 Å². The van der Waals surface area contributed by atoms with Crippen molar-refractivity contribution in [2.24, 2.45) is 10.9 Å². The molecule has 0 saturated heterocycles. The lowest BCUT2D eigenvalue weighted by Crippen LogP contribution is -2.41. The standard InChI is InChI=1S/C19H28N4O2/c1-14(2)11-20-19(21-12-18(24)22(3)4)23(5)13-16-10-15-8-6-7-9-17(15)25-16/h6-10,14H,11-13H2,1-5H3,(H,20,21). The number of aliphatic imine (C=N–C) groups is 1. The van der Waals surface area contributed by atoms with E-state index in [4.69, 9.17) is 4.42 Å². The van der Waals surface area contributed by atoms with E-state index >= 15 is 0 Å². The fraction of sp³-hybridized carbons (Fsp3) is 0.474. The van der Waals surface area contributed by atoms with Crippen molar-refractivity contribution in [3.05, 3.63) is 36.1 Å². The number of rotatable bonds is 6. The van der Waals surface area contributed by atoms with Crippen molar-refractivity contribution >= 4 is 22.8 Å². The summed E-state index contributed by atoms with van der Waals surface area (Å²) < 4.78 is 5.88. The van der Waals surface area contributed by atoms with Gasteiger partial charge in [0.05, 0.1) is 6.54 Å². The van der Waals surface area contributed by atoms with Gasteiger partial charge >= 0.3 is 0 Å². The van der Waals surface area contributed by atoms with Crippen LogP contribution in [0.1, 0.15) is 19.6 Å². The zero-order valence-corrected chi connectivity index (χ0v) is 15.7. The average Bonchev–Trinajstić information content (AvgIpc) is 2.96. The Morgan fingerprint density at radius 3 is 2.60 bits per heavy atom. The molecule has 0 bridgehead atoms. The maximum atomic E-state index is 11.8. The van der Waals surface area contributed by atoms with Crippen molar-refractivity contribution < 1.29 is 9.21 Å². The molecule has 0 aliphatic rings. The molecule has 1 N–H and O–H groups in total. The Morgan fingerprint density at radius 2 is 1.96 bits per heavy atom. The zero-order chi connectivity index (χ0) is 18.4. The van der Waals surface area contributed by atoms with E-state index < -0.39 is 0 Å². The van der Waals surface area contributed by atoms with Gasteiger partial charge in [0, 0.05) is 33.1 Å². The second-order valence-electron chi connectivity index (χ2n) is 6.81. The molecule has 0 saturated carbocycles. The van der Waals surface area contributed by atoms with Crippen molar-refractivity contribution in [2.75, 3.05) is 34.2 Å². The molecular formula is C19H28N4O2. The van der Waals surface area contributed by atoms with Crippen LogP contribution in [0.5, 0.6) is 0 Å². The van der Waals surface area contributed by atoms with Crippen LogP contribution >= 0.6 is 0 Å². The van der Waals surface area contributed by atoms with Crippen LogP contribution in [0, 0.1) is 5.92 Å². The average molecular weight is 344 g/mol. The normalized spacial score (nSPS) is 11.8. The smallest absolute Gasteiger partial charge is 0.243 e. The van der Waals surface area contributed by atoms with Crippen molar-refractivity contribution in [3.8, 4) is 0 Å². The number of nitrogens with one attached hydrogen (secondary N) is 1. The van der Waals surface area contributed by atoms with E-state index in [0.717, 1.165) is 23.3 Å². The third-order valence-electron chi connectivity index (χ3n) is 3.76. The van der Waals surface area contributed by atoms with Gasteiger partial charge < -0.3 is 19.5 Å². The number of nitrogens with zero attached hydrogens (tertiary/aromatic N) is 3. The highest BCUT2D eigenvalue weighted by Crippen LogP contribution is 2.19. The van der Waals surface area contributed by atoms with Crippen molar-refractivity contribution in [1.29, 1.82) is 0 Å². The van der Waals surface area contributed by atoms with E-state index in [-0.39, 0.29) is 12.5 Å². The minimum atomic E-state index is -0.0269. The maximum Gasteiger partial charge on any atom is 0.243 e. The van der Waals surface area contributed by atoms with Crippen molar-refractivity contribution in [3.63, 3.8) is 0 Å². The summed E-state index contributed by atoms with van der Waals surface area (Å²) in [5.74, 6) is 2.02. The van der Waals surface area contributed by atoms with E-state index in [2.05, 4.69) is 24.2 Å². The first-order chi connectivity index (χ1) is 11.9. The molecule has 1 amide bonds. The molecule has 25 heavy (non-hydrogen) atoms. The maximum absolute atomic E-state index is 11.8. The molecule has 0 spiro atoms. The molecule has 0 aliphatic carbocycles. The number of benzene rings is 1. The first-order valence-corrected chi connectivity index (χ1v) is 8.54. The molecule has 6 heteroatoms. The largest absolute Gasteiger partial charge is 0.459 e. The van der Waals surface area contributed by atoms with Gasteiger partial charge in [-0.1, -0.05) is 32.0 Å². The van der Waals surface area contributed by atoms with Gasteiger partial charge in [-0.25, -0.2) is 4.99 Å². The fourth-order valence-electron chi connectivity index (χ4n) is 2.31. The monoisotopic (exact) mass is 344 g/mol. The van der Waals surface area contributed by atoms with Gasteiger partial charge in [0.1, 0.15) is 17.9 Å². The molecule has 1 heterocycles. The lowest BCUT2D eigenvalue weighted by molar-refractivity contribution is -0.127. The van der Waals surface area contributed by atoms with Crippen LogP contribution in [0.4, 0.5) is 0 Å². The number of amides is 1. The Hall–Kier alpha value is -2.50. The Labute approximate surface area is 149 Å². The molecule has 0 aliphatic heterocycles. The third kappa shape index (κ3) is 5.52. The summed E-state index contributed by atoms with van der Waals surface area (Å²) in [5.41, 5.74) is 0.877. The SMILES string of the molecule is CC(C)CNC(=NCC(=O)N(C)C)N(C)Cc1cc2ccccc2o1. The quantitative estimate of drug-likeness (QED) is 0.646. The fourth-order valence-corrected chi connectivity index (χ4v) is 2.31. The molecule has 1 aromatic heterocycles. The minimum Gasteiger partial charge on any atom is -0.459 e. The number of hydrogen-bond acceptors (Lipinski definition) is 3. The predicted octanol–water partition coefficient (Wildman–Crippen LogP) is 2.55. The molecule has 136 valence electrons. The zero-order valence-electron chi connectivity index (χ0n) is 15.7. The highest BCUT2D eigenvalue weighted by Gasteiger charge is 2.12. The van der Waals surface area contributed by atoms with Crippen LogP contribution in [0.3, 0.4) is 0 Å². The molecule has 0 radical (unpaired) electrons. The molecule has 2 aromatic rings. The second-order valence-corrected chi connectivity index (χ2v) is 6.81. The van der Waals surface area contributed by atoms with Crippen LogP contribution < -0.4 is 5.32 Å². The van der Waals surface area contributed by atoms with Gasteiger partial charge in [0.2, 0.25) is 5.91 Å². The van der Waals surface area contributed by atoms with Gasteiger partial charge in [-0.15, -0.1) is 0 Å². The lowest BCUT2D eigenvalue weighted by Gasteiger charge is -2.22. The topological polar surface area (TPSA) is 61.1 Å². The van der Waals surface area contributed by atoms with Crippen molar-refractivity contribution in [1.82, 2.24) is 15.1 Å². The highest BCUT2D eigenvalue weighted by molar-refractivity contribution is 5.85. The van der Waals surface area contributed by atoms with E-state index in [1.807, 2.05) is 42.3 Å². The number of guanidine groups is 1. The van der Waals surface area contributed by atoms with E-state index in [0.29, 0.717) is 18.4 Å². The van der Waals surface area contributed by atoms with Gasteiger partial charge in [0.25, 0.3) is 0 Å². The van der Waals surface area contributed by atoms with E-state index in [1.54, 1.807) is 19.0 Å². The molecule has 1 aromatic carbocycles. The Morgan fingerprint density at radius 1 is 1.24 bits per heavy atom. The number of likely N-dealkylation sites (N-methyl/N-ethyl adjacent to an activating group) is 1. The number of para-hydroxylation sites is 1. The number of furan rings is 1. The summed E-state index contributed by atoms with van der Waals surface area (Å²) in [6.45, 7) is 5.76. The van der Waals surface area contributed by atoms with Gasteiger partial charge in [-0.2, -0.15) is 0 Å². The second kappa shape index (κ2) is 8.55. The summed E-state index contributed by atoms with van der Waals surface area (Å²) in [6.07, 6.45) is 0. The van der Waals surface area contributed by atoms with Crippen LogP contribution in [0.15, 0.2) is 39.7 Å². The molecule has 0 unspecified atom stereocenters. The summed E-state index contributed by atoms with van der Waals surface area (Å²) in [4.78, 5) is 19.8. The molecule has 0 fully saturated rings. The Bertz CT molecular complexity index is 701. The van der Waals surface area contributed by atoms with E-state index in [9.17, 15) is 4.79 Å². The van der Waals surface area contributed by atoms with Crippen LogP contribution in [-0.4, -0.2) is 55.9 Å². The summed E-state index contributed by atoms with van der Waals surface area (Å²) in [7, 11) is 5.41. The Balaban J connectivity index is 2.10. The van der Waals surface area contributed by atoms with Crippen molar-refractivity contribution in [2.45, 2.75) is 20.4 Å². The summed E-state index contributed by atoms with van der Waals surface area (Å²) >= 11 is 0. The van der Waals surface area contributed by atoms with Gasteiger partial charge in [0.15, 0.2) is 5.96 Å². The number of carbonyl (C=O) groups is 1. The van der Waals surface area contributed by atoms with Crippen LogP contribution in [0.25, 0.3) is 11.0 Å². The Kier molecular flexibility index (Phi) is 6.44. The van der Waals surface area contributed by atoms with Crippen LogP contribution in [-0.2, 0) is 11.3 Å². The molecule has 6 nitrogen and oxygen atoms in total. The molecule has 0 atom stereocenters. The molecular weight excluding hydrogens is 316 g/mol. The minimum absolute atomic E-state index is 0.0269. The number of hydrogen-bond donors (Lipinski definition) is 1. The lowest BCUT2D eigenvalue weighted by atomic mass is 10.2. The highest BCUT2D eigenvalue weighted by atomic mass is 16.3. The van der Waals surface area contributed by atoms with Crippen LogP contribution in [0.2, 0.25) is 0 Å². The number of fused-ring (bicyclic) bond motifs is 1. The first kappa shape index (κ1) is 18.8. The van der Waals surface area contributed by atoms with Gasteiger partial charge in [-0.05, 0) is 18.1 Å². The summed E-state index contributed by atoms with van der Waals surface area (Å²) in [6, 6.07) is 9.99. The molecule has 2 rings (SSSR count). The summed E-state index contributed by atoms with van der Waals surface area (Å²) in [5, 5.41) is 4.42. The third-order valence-corrected chi connectivity index (χ3v) is 3.76. The predicted molar refractivity (Wildman–Crippen MR) is 102 cm³/mol. The first-order valence-electron chi connectivity index (χ1n) is 8.54. The van der Waals surface area contributed by atoms with Gasteiger partial charge in [-0.3, -0.25) is 4.79 Å². The number of carbonyl (C=O) groups excluding carboxylic acids is 1.